The number of carbonyl (C=O) groups excluding carboxylic acids is 1. The van der Waals surface area contributed by atoms with Crippen LogP contribution in [0.25, 0.3) is 11.3 Å². The lowest BCUT2D eigenvalue weighted by Gasteiger charge is -2.42. The summed E-state index contributed by atoms with van der Waals surface area (Å²) in [5, 5.41) is 7.34. The van der Waals surface area contributed by atoms with E-state index in [1.165, 1.54) is 12.0 Å². The Kier molecular flexibility index (Phi) is 6.82. The van der Waals surface area contributed by atoms with E-state index < -0.39 is 0 Å². The molecule has 1 fully saturated rings. The summed E-state index contributed by atoms with van der Waals surface area (Å²) in [5.41, 5.74) is 3.40. The fourth-order valence-electron chi connectivity index (χ4n) is 4.31. The number of hydrogen-bond acceptors (Lipinski definition) is 4. The zero-order chi connectivity index (χ0) is 21.5. The van der Waals surface area contributed by atoms with Crippen molar-refractivity contribution in [3.63, 3.8) is 0 Å². The van der Waals surface area contributed by atoms with E-state index in [4.69, 9.17) is 4.52 Å². The van der Waals surface area contributed by atoms with E-state index in [0.29, 0.717) is 6.54 Å². The first-order valence-corrected chi connectivity index (χ1v) is 11.2. The highest BCUT2D eigenvalue weighted by atomic mass is 16.5. The van der Waals surface area contributed by atoms with Gasteiger partial charge in [0.15, 0.2) is 0 Å². The number of likely N-dealkylation sites (N-methyl/N-ethyl adjacent to an activating group) is 1. The Balaban J connectivity index is 1.18. The maximum absolute atomic E-state index is 12.5. The van der Waals surface area contributed by atoms with Crippen molar-refractivity contribution in [3.8, 4) is 11.3 Å². The number of benzene rings is 2. The Morgan fingerprint density at radius 1 is 1.10 bits per heavy atom. The highest BCUT2D eigenvalue weighted by molar-refractivity contribution is 5.78. The molecule has 0 atom stereocenters. The van der Waals surface area contributed by atoms with E-state index in [-0.39, 0.29) is 11.3 Å². The Morgan fingerprint density at radius 2 is 1.81 bits per heavy atom. The van der Waals surface area contributed by atoms with E-state index in [1.54, 1.807) is 0 Å². The largest absolute Gasteiger partial charge is 0.361 e. The van der Waals surface area contributed by atoms with Gasteiger partial charge in [0.1, 0.15) is 11.5 Å². The van der Waals surface area contributed by atoms with Crippen LogP contribution in [0.4, 0.5) is 0 Å². The molecule has 2 aromatic carbocycles. The van der Waals surface area contributed by atoms with Gasteiger partial charge in [-0.25, -0.2) is 0 Å². The first-order chi connectivity index (χ1) is 15.1. The molecule has 5 heteroatoms. The van der Waals surface area contributed by atoms with Gasteiger partial charge in [-0.1, -0.05) is 72.2 Å². The SMILES string of the molecule is CN(CCCc1cc(-c2ccccc2)no1)CC(=O)NCC1(c2ccccc2)CCC1. The second kappa shape index (κ2) is 9.92. The number of nitrogens with zero attached hydrogens (tertiary/aromatic N) is 2. The summed E-state index contributed by atoms with van der Waals surface area (Å²) in [7, 11) is 1.99. The van der Waals surface area contributed by atoms with Crippen LogP contribution in [-0.2, 0) is 16.6 Å². The van der Waals surface area contributed by atoms with E-state index in [9.17, 15) is 4.79 Å². The standard InChI is InChI=1S/C26H31N3O2/c1-29(17-8-14-23-18-24(28-31-23)21-10-4-2-5-11-21)19-25(30)27-20-26(15-9-16-26)22-12-6-3-7-13-22/h2-7,10-13,18H,8-9,14-17,19-20H2,1H3,(H,27,30). The molecular weight excluding hydrogens is 386 g/mol. The minimum absolute atomic E-state index is 0.0933. The molecule has 1 aromatic heterocycles. The highest BCUT2D eigenvalue weighted by Crippen LogP contribution is 2.43. The molecule has 1 aliphatic rings. The number of aromatic nitrogens is 1. The summed E-state index contributed by atoms with van der Waals surface area (Å²) >= 11 is 0. The summed E-state index contributed by atoms with van der Waals surface area (Å²) in [6.45, 7) is 1.97. The highest BCUT2D eigenvalue weighted by Gasteiger charge is 2.38. The van der Waals surface area contributed by atoms with Crippen LogP contribution in [-0.4, -0.2) is 42.6 Å². The van der Waals surface area contributed by atoms with Gasteiger partial charge in [-0.15, -0.1) is 0 Å². The summed E-state index contributed by atoms with van der Waals surface area (Å²) < 4.78 is 5.47. The molecule has 1 aliphatic carbocycles. The third-order valence-corrected chi connectivity index (χ3v) is 6.33. The lowest BCUT2D eigenvalue weighted by Crippen LogP contribution is -2.47. The summed E-state index contributed by atoms with van der Waals surface area (Å²) in [6, 6.07) is 22.6. The van der Waals surface area contributed by atoms with Crippen molar-refractivity contribution in [3.05, 3.63) is 78.1 Å². The maximum Gasteiger partial charge on any atom is 0.234 e. The zero-order valence-electron chi connectivity index (χ0n) is 18.2. The van der Waals surface area contributed by atoms with Crippen LogP contribution in [0.1, 0.15) is 37.0 Å². The molecule has 0 aliphatic heterocycles. The Labute approximate surface area is 184 Å². The molecule has 0 radical (unpaired) electrons. The fraction of sp³-hybridized carbons (Fsp3) is 0.385. The smallest absolute Gasteiger partial charge is 0.234 e. The van der Waals surface area contributed by atoms with Gasteiger partial charge in [-0.05, 0) is 38.4 Å². The third-order valence-electron chi connectivity index (χ3n) is 6.33. The van der Waals surface area contributed by atoms with Gasteiger partial charge < -0.3 is 9.84 Å². The van der Waals surface area contributed by atoms with Crippen molar-refractivity contribution in [2.24, 2.45) is 0 Å². The molecule has 1 saturated carbocycles. The minimum atomic E-state index is 0.0933. The first-order valence-electron chi connectivity index (χ1n) is 11.2. The number of amides is 1. The Hall–Kier alpha value is -2.92. The Bertz CT molecular complexity index is 965. The third kappa shape index (κ3) is 5.42. The average molecular weight is 418 g/mol. The van der Waals surface area contributed by atoms with Crippen LogP contribution in [0, 0.1) is 0 Å². The van der Waals surface area contributed by atoms with Crippen LogP contribution in [0.3, 0.4) is 0 Å². The quantitative estimate of drug-likeness (QED) is 0.530. The number of nitrogens with one attached hydrogen (secondary N) is 1. The van der Waals surface area contributed by atoms with E-state index in [1.807, 2.05) is 49.5 Å². The maximum atomic E-state index is 12.5. The summed E-state index contributed by atoms with van der Waals surface area (Å²) in [6.07, 6.45) is 5.26. The predicted octanol–water partition coefficient (Wildman–Crippen LogP) is 4.44. The van der Waals surface area contributed by atoms with Crippen molar-refractivity contribution >= 4 is 5.91 Å². The van der Waals surface area contributed by atoms with Crippen molar-refractivity contribution < 1.29 is 9.32 Å². The van der Waals surface area contributed by atoms with Gasteiger partial charge in [-0.2, -0.15) is 0 Å². The monoisotopic (exact) mass is 417 g/mol. The molecule has 0 bridgehead atoms. The van der Waals surface area contributed by atoms with Gasteiger partial charge in [-0.3, -0.25) is 9.69 Å². The summed E-state index contributed by atoms with van der Waals surface area (Å²) in [5.74, 6) is 0.974. The van der Waals surface area contributed by atoms with Gasteiger partial charge in [0.25, 0.3) is 0 Å². The van der Waals surface area contributed by atoms with E-state index in [2.05, 4.69) is 39.6 Å². The number of rotatable bonds is 10. The molecule has 5 nitrogen and oxygen atoms in total. The Morgan fingerprint density at radius 3 is 2.48 bits per heavy atom. The molecule has 3 aromatic rings. The minimum Gasteiger partial charge on any atom is -0.361 e. The average Bonchev–Trinajstić information content (AvgIpc) is 3.23. The van der Waals surface area contributed by atoms with Crippen LogP contribution < -0.4 is 5.32 Å². The second-order valence-electron chi connectivity index (χ2n) is 8.66. The number of aryl methyl sites for hydroxylation is 1. The van der Waals surface area contributed by atoms with Crippen LogP contribution >= 0.6 is 0 Å². The van der Waals surface area contributed by atoms with Crippen molar-refractivity contribution in [1.29, 1.82) is 0 Å². The van der Waals surface area contributed by atoms with E-state index >= 15 is 0 Å². The van der Waals surface area contributed by atoms with Crippen LogP contribution in [0.5, 0.6) is 0 Å². The fourth-order valence-corrected chi connectivity index (χ4v) is 4.31. The zero-order valence-corrected chi connectivity index (χ0v) is 18.2. The molecule has 0 unspecified atom stereocenters. The van der Waals surface area contributed by atoms with Crippen LogP contribution in [0.15, 0.2) is 71.3 Å². The lowest BCUT2D eigenvalue weighted by molar-refractivity contribution is -0.122. The van der Waals surface area contributed by atoms with Gasteiger partial charge >= 0.3 is 0 Å². The molecule has 31 heavy (non-hydrogen) atoms. The molecule has 0 saturated heterocycles. The molecular formula is C26H31N3O2. The van der Waals surface area contributed by atoms with Crippen molar-refractivity contribution in [2.75, 3.05) is 26.7 Å². The van der Waals surface area contributed by atoms with Gasteiger partial charge in [0, 0.05) is 30.0 Å². The molecule has 4 rings (SSSR count). The molecule has 1 heterocycles. The topological polar surface area (TPSA) is 58.4 Å². The molecule has 1 amide bonds. The van der Waals surface area contributed by atoms with Crippen molar-refractivity contribution in [1.82, 2.24) is 15.4 Å². The second-order valence-corrected chi connectivity index (χ2v) is 8.66. The number of carbonyl (C=O) groups is 1. The molecule has 0 spiro atoms. The first kappa shape index (κ1) is 21.3. The lowest BCUT2D eigenvalue weighted by atomic mass is 9.64. The normalized spacial score (nSPS) is 14.9. The van der Waals surface area contributed by atoms with Crippen molar-refractivity contribution in [2.45, 2.75) is 37.5 Å². The van der Waals surface area contributed by atoms with E-state index in [0.717, 1.165) is 55.8 Å². The molecule has 1 N–H and O–H groups in total. The van der Waals surface area contributed by atoms with Crippen LogP contribution in [0.2, 0.25) is 0 Å². The summed E-state index contributed by atoms with van der Waals surface area (Å²) in [4.78, 5) is 14.6. The predicted molar refractivity (Wildman–Crippen MR) is 123 cm³/mol. The van der Waals surface area contributed by atoms with Gasteiger partial charge in [0.2, 0.25) is 5.91 Å². The van der Waals surface area contributed by atoms with Gasteiger partial charge in [0.05, 0.1) is 6.54 Å². The molecule has 162 valence electrons. The number of hydrogen-bond donors (Lipinski definition) is 1.